The number of rotatable bonds is 6. The first kappa shape index (κ1) is 17.4. The fourth-order valence-electron chi connectivity index (χ4n) is 3.21. The van der Waals surface area contributed by atoms with Gasteiger partial charge in [0.25, 0.3) is 0 Å². The lowest BCUT2D eigenvalue weighted by molar-refractivity contribution is -0.122. The van der Waals surface area contributed by atoms with Crippen molar-refractivity contribution in [1.82, 2.24) is 15.5 Å². The van der Waals surface area contributed by atoms with Crippen LogP contribution in [-0.2, 0) is 11.2 Å². The molecule has 0 spiro atoms. The molecule has 25 heavy (non-hydrogen) atoms. The van der Waals surface area contributed by atoms with Crippen LogP contribution in [0.2, 0.25) is 0 Å². The molecule has 1 atom stereocenters. The molecular weight excluding hydrogens is 322 g/mol. The average Bonchev–Trinajstić information content (AvgIpc) is 2.89. The average molecular weight is 345 g/mol. The van der Waals surface area contributed by atoms with Gasteiger partial charge in [0.05, 0.1) is 31.4 Å². The topological polar surface area (TPSA) is 97.5 Å². The summed E-state index contributed by atoms with van der Waals surface area (Å²) in [4.78, 5) is 16.8. The normalized spacial score (nSPS) is 20.6. The van der Waals surface area contributed by atoms with Crippen LogP contribution in [0.3, 0.4) is 0 Å². The van der Waals surface area contributed by atoms with Gasteiger partial charge in [-0.25, -0.2) is 4.98 Å². The van der Waals surface area contributed by atoms with Crippen LogP contribution in [0.1, 0.15) is 41.5 Å². The zero-order valence-electron chi connectivity index (χ0n) is 14.7. The molecule has 0 aromatic carbocycles. The third-order valence-corrected chi connectivity index (χ3v) is 4.78. The molecule has 1 fully saturated rings. The third kappa shape index (κ3) is 3.82. The van der Waals surface area contributed by atoms with E-state index in [2.05, 4.69) is 15.5 Å². The highest BCUT2D eigenvalue weighted by atomic mass is 16.5. The maximum Gasteiger partial charge on any atom is 0.225 e. The Morgan fingerprint density at radius 2 is 2.20 bits per heavy atom. The van der Waals surface area contributed by atoms with Gasteiger partial charge in [0.1, 0.15) is 5.76 Å². The smallest absolute Gasteiger partial charge is 0.225 e. The van der Waals surface area contributed by atoms with Gasteiger partial charge in [-0.2, -0.15) is 0 Å². The molecule has 134 valence electrons. The molecule has 1 aliphatic rings. The number of aliphatic hydroxyl groups is 1. The van der Waals surface area contributed by atoms with Crippen molar-refractivity contribution >= 4 is 5.91 Å². The van der Waals surface area contributed by atoms with Crippen LogP contribution in [0.15, 0.2) is 22.9 Å². The molecular formula is C18H23N3O4. The van der Waals surface area contributed by atoms with Gasteiger partial charge in [-0.3, -0.25) is 4.79 Å². The summed E-state index contributed by atoms with van der Waals surface area (Å²) in [6.07, 6.45) is 2.98. The van der Waals surface area contributed by atoms with Crippen LogP contribution in [0, 0.1) is 19.8 Å². The summed E-state index contributed by atoms with van der Waals surface area (Å²) in [5.41, 5.74) is 2.46. The van der Waals surface area contributed by atoms with Crippen LogP contribution < -0.4 is 10.1 Å². The van der Waals surface area contributed by atoms with Gasteiger partial charge in [0.15, 0.2) is 0 Å². The van der Waals surface area contributed by atoms with Crippen molar-refractivity contribution < 1.29 is 19.2 Å². The lowest BCUT2D eigenvalue weighted by atomic mass is 9.75. The Kier molecular flexibility index (Phi) is 5.03. The van der Waals surface area contributed by atoms with Crippen LogP contribution in [0.4, 0.5) is 0 Å². The fourth-order valence-corrected chi connectivity index (χ4v) is 3.21. The Hall–Kier alpha value is -2.41. The predicted molar refractivity (Wildman–Crippen MR) is 90.1 cm³/mol. The molecule has 0 saturated heterocycles. The zero-order chi connectivity index (χ0) is 18.0. The minimum atomic E-state index is -0.293. The molecule has 7 nitrogen and oxygen atoms in total. The molecule has 3 rings (SSSR count). The van der Waals surface area contributed by atoms with Crippen molar-refractivity contribution in [3.8, 4) is 5.88 Å². The molecule has 2 N–H and O–H groups in total. The first-order valence-electron chi connectivity index (χ1n) is 8.37. The zero-order valence-corrected chi connectivity index (χ0v) is 14.7. The number of nitrogens with zero attached hydrogens (tertiary/aromatic N) is 2. The maximum absolute atomic E-state index is 12.6. The van der Waals surface area contributed by atoms with E-state index in [4.69, 9.17) is 9.26 Å². The largest absolute Gasteiger partial charge is 0.481 e. The van der Waals surface area contributed by atoms with Gasteiger partial charge < -0.3 is 19.7 Å². The maximum atomic E-state index is 12.6. The standard InChI is InChI=1S/C18H23N3O4/c1-10-15(11(2)25-21-10)8-16(23)20-18(13-6-14(22)7-13)12-4-5-17(24-3)19-9-12/h4-5,9,13-14,18,22H,6-8H2,1-3H3,(H,20,23). The molecule has 0 radical (unpaired) electrons. The minimum absolute atomic E-state index is 0.100. The van der Waals surface area contributed by atoms with E-state index >= 15 is 0 Å². The third-order valence-electron chi connectivity index (χ3n) is 4.78. The molecule has 2 aromatic heterocycles. The molecule has 1 amide bonds. The molecule has 0 aliphatic heterocycles. The number of ether oxygens (including phenoxy) is 1. The van der Waals surface area contributed by atoms with Gasteiger partial charge in [-0.05, 0) is 38.2 Å². The molecule has 1 saturated carbocycles. The van der Waals surface area contributed by atoms with Gasteiger partial charge in [0.2, 0.25) is 11.8 Å². The van der Waals surface area contributed by atoms with Crippen LogP contribution in [-0.4, -0.2) is 34.4 Å². The van der Waals surface area contributed by atoms with Crippen LogP contribution >= 0.6 is 0 Å². The van der Waals surface area contributed by atoms with Crippen molar-refractivity contribution in [2.75, 3.05) is 7.11 Å². The highest BCUT2D eigenvalue weighted by Gasteiger charge is 2.36. The number of carbonyl (C=O) groups is 1. The van der Waals surface area contributed by atoms with Crippen molar-refractivity contribution in [1.29, 1.82) is 0 Å². The second-order valence-corrected chi connectivity index (χ2v) is 6.54. The fraction of sp³-hybridized carbons (Fsp3) is 0.500. The number of aliphatic hydroxyl groups excluding tert-OH is 1. The molecule has 1 aliphatic carbocycles. The van der Waals surface area contributed by atoms with Crippen molar-refractivity contribution in [2.24, 2.45) is 5.92 Å². The van der Waals surface area contributed by atoms with E-state index in [-0.39, 0.29) is 30.4 Å². The Morgan fingerprint density at radius 3 is 2.72 bits per heavy atom. The number of aryl methyl sites for hydroxylation is 2. The van der Waals surface area contributed by atoms with Crippen molar-refractivity contribution in [3.05, 3.63) is 40.9 Å². The Bertz CT molecular complexity index is 716. The first-order chi connectivity index (χ1) is 12.0. The Labute approximate surface area is 146 Å². The van der Waals surface area contributed by atoms with E-state index in [9.17, 15) is 9.90 Å². The summed E-state index contributed by atoms with van der Waals surface area (Å²) in [6.45, 7) is 3.63. The Morgan fingerprint density at radius 1 is 1.44 bits per heavy atom. The number of amides is 1. The minimum Gasteiger partial charge on any atom is -0.481 e. The molecule has 7 heteroatoms. The van der Waals surface area contributed by atoms with E-state index < -0.39 is 0 Å². The lowest BCUT2D eigenvalue weighted by Gasteiger charge is -2.38. The highest BCUT2D eigenvalue weighted by molar-refractivity contribution is 5.79. The molecule has 2 aromatic rings. The second kappa shape index (κ2) is 7.23. The SMILES string of the molecule is COc1ccc(C(NC(=O)Cc2c(C)noc2C)C2CC(O)C2)cn1. The number of nitrogens with one attached hydrogen (secondary N) is 1. The number of pyridine rings is 1. The first-order valence-corrected chi connectivity index (χ1v) is 8.37. The number of carbonyl (C=O) groups excluding carboxylic acids is 1. The molecule has 0 bridgehead atoms. The summed E-state index contributed by atoms with van der Waals surface area (Å²) < 4.78 is 10.2. The summed E-state index contributed by atoms with van der Waals surface area (Å²) in [6, 6.07) is 3.49. The Balaban J connectivity index is 1.74. The number of aromatic nitrogens is 2. The van der Waals surface area contributed by atoms with Gasteiger partial charge in [0, 0.05) is 17.8 Å². The summed E-state index contributed by atoms with van der Waals surface area (Å²) in [5.74, 6) is 1.28. The van der Waals surface area contributed by atoms with Crippen molar-refractivity contribution in [2.45, 2.75) is 45.3 Å². The van der Waals surface area contributed by atoms with Crippen molar-refractivity contribution in [3.63, 3.8) is 0 Å². The number of hydrogen-bond acceptors (Lipinski definition) is 6. The summed E-state index contributed by atoms with van der Waals surface area (Å²) in [5, 5.41) is 16.6. The van der Waals surface area contributed by atoms with Crippen LogP contribution in [0.5, 0.6) is 5.88 Å². The predicted octanol–water partition coefficient (Wildman–Crippen LogP) is 1.87. The van der Waals surface area contributed by atoms with E-state index in [1.165, 1.54) is 0 Å². The highest BCUT2D eigenvalue weighted by Crippen LogP contribution is 2.38. The van der Waals surface area contributed by atoms with E-state index in [0.717, 1.165) is 16.8 Å². The molecule has 2 heterocycles. The molecule has 1 unspecified atom stereocenters. The van der Waals surface area contributed by atoms with Crippen LogP contribution in [0.25, 0.3) is 0 Å². The number of methoxy groups -OCH3 is 1. The summed E-state index contributed by atoms with van der Waals surface area (Å²) in [7, 11) is 1.56. The lowest BCUT2D eigenvalue weighted by Crippen LogP contribution is -2.42. The van der Waals surface area contributed by atoms with E-state index in [0.29, 0.717) is 24.5 Å². The van der Waals surface area contributed by atoms with Gasteiger partial charge >= 0.3 is 0 Å². The second-order valence-electron chi connectivity index (χ2n) is 6.54. The van der Waals surface area contributed by atoms with Gasteiger partial charge in [-0.15, -0.1) is 0 Å². The quantitative estimate of drug-likeness (QED) is 0.829. The summed E-state index contributed by atoms with van der Waals surface area (Å²) >= 11 is 0. The van der Waals surface area contributed by atoms with Gasteiger partial charge in [-0.1, -0.05) is 11.2 Å². The van der Waals surface area contributed by atoms with E-state index in [1.54, 1.807) is 26.3 Å². The number of hydrogen-bond donors (Lipinski definition) is 2. The monoisotopic (exact) mass is 345 g/mol. The van der Waals surface area contributed by atoms with E-state index in [1.807, 2.05) is 13.0 Å².